The summed E-state index contributed by atoms with van der Waals surface area (Å²) in [5.41, 5.74) is 0.429. The maximum Gasteiger partial charge on any atom is 0.255 e. The number of halogens is 2. The van der Waals surface area contributed by atoms with Gasteiger partial charge < -0.3 is 4.90 Å². The topological polar surface area (TPSA) is 49.0 Å². The van der Waals surface area contributed by atoms with Gasteiger partial charge in [-0.1, -0.05) is 13.0 Å². The van der Waals surface area contributed by atoms with Crippen molar-refractivity contribution in [3.8, 4) is 0 Å². The van der Waals surface area contributed by atoms with Crippen molar-refractivity contribution in [3.05, 3.63) is 57.0 Å². The van der Waals surface area contributed by atoms with Gasteiger partial charge in [-0.05, 0) is 25.5 Å². The molecule has 0 aliphatic heterocycles. The number of nitrogens with zero attached hydrogens (tertiary/aromatic N) is 2. The molecule has 4 nitrogen and oxygen atoms in total. The van der Waals surface area contributed by atoms with E-state index < -0.39 is 17.6 Å². The van der Waals surface area contributed by atoms with Crippen molar-refractivity contribution < 1.29 is 8.78 Å². The van der Waals surface area contributed by atoms with E-state index in [2.05, 4.69) is 9.97 Å². The number of nitrogens with one attached hydrogen (secondary N) is 1. The molecule has 22 heavy (non-hydrogen) atoms. The first-order valence-electron chi connectivity index (χ1n) is 7.08. The van der Waals surface area contributed by atoms with E-state index in [0.717, 1.165) is 0 Å². The zero-order chi connectivity index (χ0) is 16.4. The Morgan fingerprint density at radius 3 is 2.36 bits per heavy atom. The second kappa shape index (κ2) is 6.25. The fraction of sp³-hybridized carbons (Fsp3) is 0.375. The first-order chi connectivity index (χ1) is 10.4. The zero-order valence-electron chi connectivity index (χ0n) is 13.1. The molecule has 1 unspecified atom stereocenters. The van der Waals surface area contributed by atoms with Gasteiger partial charge in [-0.25, -0.2) is 13.8 Å². The molecule has 1 N–H and O–H groups in total. The minimum atomic E-state index is -0.625. The lowest BCUT2D eigenvalue weighted by Gasteiger charge is -2.20. The average molecular weight is 307 g/mol. The van der Waals surface area contributed by atoms with E-state index in [0.29, 0.717) is 23.6 Å². The van der Waals surface area contributed by atoms with Gasteiger partial charge in [-0.15, -0.1) is 0 Å². The van der Waals surface area contributed by atoms with Crippen molar-refractivity contribution in [1.29, 1.82) is 0 Å². The third-order valence-electron chi connectivity index (χ3n) is 3.69. The molecule has 1 aromatic heterocycles. The van der Waals surface area contributed by atoms with Crippen molar-refractivity contribution in [2.75, 3.05) is 19.0 Å². The third kappa shape index (κ3) is 2.86. The number of hydrogen-bond donors (Lipinski definition) is 1. The van der Waals surface area contributed by atoms with E-state index in [1.807, 2.05) is 6.92 Å². The number of rotatable bonds is 4. The fourth-order valence-electron chi connectivity index (χ4n) is 2.47. The summed E-state index contributed by atoms with van der Waals surface area (Å²) >= 11 is 0. The van der Waals surface area contributed by atoms with Gasteiger partial charge in [-0.2, -0.15) is 0 Å². The zero-order valence-corrected chi connectivity index (χ0v) is 13.1. The molecular weight excluding hydrogens is 288 g/mol. The number of H-pyrrole nitrogens is 1. The summed E-state index contributed by atoms with van der Waals surface area (Å²) in [5, 5.41) is 0. The van der Waals surface area contributed by atoms with Crippen molar-refractivity contribution in [3.63, 3.8) is 0 Å². The molecular formula is C16H19F2N3O. The van der Waals surface area contributed by atoms with E-state index in [9.17, 15) is 13.6 Å². The second-order valence-corrected chi connectivity index (χ2v) is 5.39. The fourth-order valence-corrected chi connectivity index (χ4v) is 2.47. The van der Waals surface area contributed by atoms with Gasteiger partial charge in [0.05, 0.1) is 5.69 Å². The molecule has 1 atom stereocenters. The number of aromatic nitrogens is 2. The van der Waals surface area contributed by atoms with Crippen molar-refractivity contribution in [2.24, 2.45) is 0 Å². The molecule has 118 valence electrons. The number of anilines is 1. The van der Waals surface area contributed by atoms with Crippen LogP contribution in [0.25, 0.3) is 0 Å². The average Bonchev–Trinajstić information content (AvgIpc) is 2.46. The summed E-state index contributed by atoms with van der Waals surface area (Å²) in [4.78, 5) is 20.8. The van der Waals surface area contributed by atoms with Gasteiger partial charge in [0.2, 0.25) is 5.95 Å². The van der Waals surface area contributed by atoms with Crippen LogP contribution in [0.1, 0.15) is 36.1 Å². The normalized spacial score (nSPS) is 12.3. The minimum Gasteiger partial charge on any atom is -0.348 e. The van der Waals surface area contributed by atoms with Crippen molar-refractivity contribution in [2.45, 2.75) is 26.2 Å². The molecule has 2 aromatic rings. The van der Waals surface area contributed by atoms with Gasteiger partial charge in [0.1, 0.15) is 11.6 Å². The Labute approximate surface area is 127 Å². The predicted octanol–water partition coefficient (Wildman–Crippen LogP) is 2.96. The SMILES string of the molecule is CCC(c1nc(N(C)C)[nH]c(=O)c1C)c1c(F)cccc1F. The molecule has 0 aliphatic carbocycles. The Morgan fingerprint density at radius 1 is 1.27 bits per heavy atom. The quantitative estimate of drug-likeness (QED) is 0.945. The summed E-state index contributed by atoms with van der Waals surface area (Å²) in [6.45, 7) is 3.43. The minimum absolute atomic E-state index is 0.0455. The smallest absolute Gasteiger partial charge is 0.255 e. The Balaban J connectivity index is 2.69. The molecule has 6 heteroatoms. The first kappa shape index (κ1) is 16.1. The lowest BCUT2D eigenvalue weighted by molar-refractivity contribution is 0.531. The summed E-state index contributed by atoms with van der Waals surface area (Å²) in [7, 11) is 3.48. The molecule has 0 spiro atoms. The van der Waals surface area contributed by atoms with Crippen LogP contribution < -0.4 is 10.5 Å². The highest BCUT2D eigenvalue weighted by Gasteiger charge is 2.25. The Morgan fingerprint density at radius 2 is 1.86 bits per heavy atom. The van der Waals surface area contributed by atoms with Gasteiger partial charge in [0.15, 0.2) is 0 Å². The second-order valence-electron chi connectivity index (χ2n) is 5.39. The maximum absolute atomic E-state index is 14.1. The highest BCUT2D eigenvalue weighted by molar-refractivity contribution is 5.38. The highest BCUT2D eigenvalue weighted by atomic mass is 19.1. The van der Waals surface area contributed by atoms with Crippen LogP contribution in [0.4, 0.5) is 14.7 Å². The lowest BCUT2D eigenvalue weighted by Crippen LogP contribution is -2.24. The van der Waals surface area contributed by atoms with Crippen LogP contribution in [0, 0.1) is 18.6 Å². The van der Waals surface area contributed by atoms with E-state index in [4.69, 9.17) is 0 Å². The summed E-state index contributed by atoms with van der Waals surface area (Å²) in [6.07, 6.45) is 0.433. The van der Waals surface area contributed by atoms with Gasteiger partial charge >= 0.3 is 0 Å². The molecule has 2 rings (SSSR count). The Kier molecular flexibility index (Phi) is 4.59. The summed E-state index contributed by atoms with van der Waals surface area (Å²) in [6, 6.07) is 3.76. The maximum atomic E-state index is 14.1. The Hall–Kier alpha value is -2.24. The van der Waals surface area contributed by atoms with Crippen LogP contribution in [0.5, 0.6) is 0 Å². The molecule has 1 heterocycles. The summed E-state index contributed by atoms with van der Waals surface area (Å²) < 4.78 is 28.2. The molecule has 0 saturated carbocycles. The number of aromatic amines is 1. The van der Waals surface area contributed by atoms with Gasteiger partial charge in [0, 0.05) is 31.1 Å². The van der Waals surface area contributed by atoms with E-state index in [-0.39, 0.29) is 11.1 Å². The van der Waals surface area contributed by atoms with Crippen LogP contribution >= 0.6 is 0 Å². The molecule has 0 radical (unpaired) electrons. The molecule has 0 aliphatic rings. The molecule has 0 amide bonds. The van der Waals surface area contributed by atoms with E-state index in [1.54, 1.807) is 25.9 Å². The number of hydrogen-bond acceptors (Lipinski definition) is 3. The van der Waals surface area contributed by atoms with Crippen LogP contribution in [-0.4, -0.2) is 24.1 Å². The molecule has 1 aromatic carbocycles. The monoisotopic (exact) mass is 307 g/mol. The van der Waals surface area contributed by atoms with Gasteiger partial charge in [-0.3, -0.25) is 9.78 Å². The predicted molar refractivity (Wildman–Crippen MR) is 82.4 cm³/mol. The number of benzene rings is 1. The van der Waals surface area contributed by atoms with E-state index in [1.165, 1.54) is 18.2 Å². The molecule has 0 fully saturated rings. The molecule has 0 bridgehead atoms. The van der Waals surface area contributed by atoms with Gasteiger partial charge in [0.25, 0.3) is 5.56 Å². The van der Waals surface area contributed by atoms with Crippen LogP contribution in [0.15, 0.2) is 23.0 Å². The van der Waals surface area contributed by atoms with Crippen LogP contribution in [0.2, 0.25) is 0 Å². The Bertz CT molecular complexity index is 720. The highest BCUT2D eigenvalue weighted by Crippen LogP contribution is 2.32. The molecule has 0 saturated heterocycles. The van der Waals surface area contributed by atoms with Crippen molar-refractivity contribution >= 4 is 5.95 Å². The standard InChI is InChI=1S/C16H19F2N3O/c1-5-10(13-11(17)7-6-8-12(13)18)14-9(2)15(22)20-16(19-14)21(3)4/h6-8,10H,5H2,1-4H3,(H,19,20,22). The van der Waals surface area contributed by atoms with Crippen LogP contribution in [-0.2, 0) is 0 Å². The lowest BCUT2D eigenvalue weighted by atomic mass is 9.90. The largest absolute Gasteiger partial charge is 0.348 e. The van der Waals surface area contributed by atoms with Crippen LogP contribution in [0.3, 0.4) is 0 Å². The summed E-state index contributed by atoms with van der Waals surface area (Å²) in [5.74, 6) is -1.50. The third-order valence-corrected chi connectivity index (χ3v) is 3.69. The van der Waals surface area contributed by atoms with E-state index >= 15 is 0 Å². The first-order valence-corrected chi connectivity index (χ1v) is 7.08. The van der Waals surface area contributed by atoms with Crippen molar-refractivity contribution in [1.82, 2.24) is 9.97 Å².